The van der Waals surface area contributed by atoms with E-state index >= 15 is 0 Å². The van der Waals surface area contributed by atoms with Crippen LogP contribution in [-0.4, -0.2) is 63.0 Å². The number of carbonyl (C=O) groups excluding carboxylic acids is 1. The zero-order valence-corrected chi connectivity index (χ0v) is 15.8. The van der Waals surface area contributed by atoms with Crippen LogP contribution in [0.5, 0.6) is 0 Å². The van der Waals surface area contributed by atoms with Crippen molar-refractivity contribution in [2.24, 2.45) is 10.8 Å². The Morgan fingerprint density at radius 3 is 2.00 bits per heavy atom. The Labute approximate surface area is 135 Å². The van der Waals surface area contributed by atoms with Crippen molar-refractivity contribution in [1.29, 1.82) is 0 Å². The molecule has 6 nitrogen and oxygen atoms in total. The van der Waals surface area contributed by atoms with Gasteiger partial charge < -0.3 is 9.22 Å². The molecule has 0 unspecified atom stereocenters. The second-order valence-corrected chi connectivity index (χ2v) is 9.61. The van der Waals surface area contributed by atoms with E-state index in [9.17, 15) is 13.2 Å². The van der Waals surface area contributed by atoms with Crippen molar-refractivity contribution in [3.63, 3.8) is 0 Å². The maximum atomic E-state index is 12.2. The summed E-state index contributed by atoms with van der Waals surface area (Å²) in [5.74, 6) is -0.469. The number of rotatable bonds is 8. The average molecular weight is 338 g/mol. The summed E-state index contributed by atoms with van der Waals surface area (Å²) in [5.41, 5.74) is -0.765. The van der Waals surface area contributed by atoms with Gasteiger partial charge in [0, 0.05) is 6.42 Å². The van der Waals surface area contributed by atoms with E-state index in [-0.39, 0.29) is 23.7 Å². The van der Waals surface area contributed by atoms with Crippen LogP contribution in [-0.2, 0) is 19.6 Å². The Balaban J connectivity index is 4.31. The predicted octanol–water partition coefficient (Wildman–Crippen LogP) is 1.96. The van der Waals surface area contributed by atoms with Crippen LogP contribution in [0.3, 0.4) is 0 Å². The molecule has 0 spiro atoms. The van der Waals surface area contributed by atoms with E-state index in [1.165, 1.54) is 0 Å². The second kappa shape index (κ2) is 7.27. The molecule has 0 rings (SSSR count). The first kappa shape index (κ1) is 21.3. The molecule has 0 aliphatic carbocycles. The van der Waals surface area contributed by atoms with E-state index in [1.807, 2.05) is 48.7 Å². The number of hydrogen-bond donors (Lipinski definition) is 1. The van der Waals surface area contributed by atoms with Crippen LogP contribution in [0, 0.1) is 10.8 Å². The first-order valence-corrected chi connectivity index (χ1v) is 9.14. The van der Waals surface area contributed by atoms with E-state index in [0.29, 0.717) is 24.0 Å². The molecule has 0 radical (unpaired) electrons. The summed E-state index contributed by atoms with van der Waals surface area (Å²) < 4.78 is 36.1. The van der Waals surface area contributed by atoms with Crippen LogP contribution in [0.4, 0.5) is 0 Å². The minimum Gasteiger partial charge on any atom is -0.459 e. The van der Waals surface area contributed by atoms with Crippen LogP contribution < -0.4 is 0 Å². The third kappa shape index (κ3) is 7.56. The fourth-order valence-corrected chi connectivity index (χ4v) is 2.15. The fraction of sp³-hybridized carbons (Fsp3) is 0.933. The highest BCUT2D eigenvalue weighted by molar-refractivity contribution is 7.85. The van der Waals surface area contributed by atoms with E-state index in [2.05, 4.69) is 0 Å². The topological polar surface area (TPSA) is 80.7 Å². The number of likely N-dealkylation sites (N-methyl/N-ethyl adjacent to an activating group) is 1. The molecule has 0 aromatic heterocycles. The normalized spacial score (nSPS) is 14.0. The summed E-state index contributed by atoms with van der Waals surface area (Å²) in [6.07, 6.45) is 0.368. The molecule has 0 aliphatic rings. The van der Waals surface area contributed by atoms with E-state index in [4.69, 9.17) is 9.29 Å². The van der Waals surface area contributed by atoms with Gasteiger partial charge >= 0.3 is 5.97 Å². The molecule has 0 heterocycles. The Bertz CT molecular complexity index is 475. The number of ether oxygens (including phenoxy) is 1. The molecule has 132 valence electrons. The Morgan fingerprint density at radius 1 is 1.09 bits per heavy atom. The molecular weight excluding hydrogens is 306 g/mol. The number of esters is 1. The third-order valence-corrected chi connectivity index (χ3v) is 5.29. The lowest BCUT2D eigenvalue weighted by Gasteiger charge is -2.36. The molecular formula is C15H32NO5S+. The van der Waals surface area contributed by atoms with Gasteiger partial charge in [0.15, 0.2) is 0 Å². The standard InChI is InChI=1S/C15H31NO5S/c1-14(2,3)15(4,5)13(17)21-11-10-16(6,7)9-8-12-22(18,19)20/h8-12H2,1-7H3/p+1. The molecule has 0 atom stereocenters. The van der Waals surface area contributed by atoms with Crippen molar-refractivity contribution in [3.8, 4) is 0 Å². The molecule has 0 saturated heterocycles. The molecule has 0 aromatic rings. The van der Waals surface area contributed by atoms with E-state index < -0.39 is 15.5 Å². The van der Waals surface area contributed by atoms with Crippen molar-refractivity contribution in [2.45, 2.75) is 41.0 Å². The highest BCUT2D eigenvalue weighted by atomic mass is 32.2. The third-order valence-electron chi connectivity index (χ3n) is 4.48. The quantitative estimate of drug-likeness (QED) is 0.416. The van der Waals surface area contributed by atoms with Gasteiger partial charge in [-0.15, -0.1) is 0 Å². The van der Waals surface area contributed by atoms with Gasteiger partial charge in [-0.25, -0.2) is 0 Å². The minimum absolute atomic E-state index is 0.191. The molecule has 0 aromatic carbocycles. The van der Waals surface area contributed by atoms with Gasteiger partial charge in [-0.2, -0.15) is 8.42 Å². The van der Waals surface area contributed by atoms with Gasteiger partial charge in [0.25, 0.3) is 10.1 Å². The monoisotopic (exact) mass is 338 g/mol. The lowest BCUT2D eigenvalue weighted by molar-refractivity contribution is -0.890. The number of quaternary nitrogens is 1. The van der Waals surface area contributed by atoms with Gasteiger partial charge in [-0.05, 0) is 19.3 Å². The van der Waals surface area contributed by atoms with E-state index in [1.54, 1.807) is 0 Å². The fourth-order valence-electron chi connectivity index (χ4n) is 1.66. The summed E-state index contributed by atoms with van der Waals surface area (Å²) in [7, 11) is -0.0371. The van der Waals surface area contributed by atoms with Gasteiger partial charge in [0.05, 0.1) is 31.8 Å². The summed E-state index contributed by atoms with van der Waals surface area (Å²) in [6, 6.07) is 0. The number of carbonyl (C=O) groups is 1. The number of hydrogen-bond acceptors (Lipinski definition) is 4. The van der Waals surface area contributed by atoms with Crippen LogP contribution in [0.1, 0.15) is 41.0 Å². The average Bonchev–Trinajstić information content (AvgIpc) is 2.24. The van der Waals surface area contributed by atoms with Crippen LogP contribution in [0.2, 0.25) is 0 Å². The SMILES string of the molecule is CC(C)(C)C(C)(C)C(=O)OCC[N+](C)(C)CCCS(=O)(=O)O. The summed E-state index contributed by atoms with van der Waals surface area (Å²) in [6.45, 7) is 11.2. The summed E-state index contributed by atoms with van der Waals surface area (Å²) in [5, 5.41) is 0. The molecule has 7 heteroatoms. The molecule has 1 N–H and O–H groups in total. The maximum Gasteiger partial charge on any atom is 0.312 e. The van der Waals surface area contributed by atoms with Crippen molar-refractivity contribution in [2.75, 3.05) is 39.5 Å². The van der Waals surface area contributed by atoms with Crippen molar-refractivity contribution in [1.82, 2.24) is 0 Å². The molecule has 0 bridgehead atoms. The van der Waals surface area contributed by atoms with Gasteiger partial charge in [0.2, 0.25) is 0 Å². The molecule has 0 saturated carbocycles. The van der Waals surface area contributed by atoms with Crippen molar-refractivity contribution in [3.05, 3.63) is 0 Å². The summed E-state index contributed by atoms with van der Waals surface area (Å²) >= 11 is 0. The first-order valence-electron chi connectivity index (χ1n) is 7.53. The lowest BCUT2D eigenvalue weighted by atomic mass is 9.69. The Morgan fingerprint density at radius 2 is 1.59 bits per heavy atom. The van der Waals surface area contributed by atoms with Crippen molar-refractivity contribution >= 4 is 16.1 Å². The Kier molecular flexibility index (Phi) is 7.06. The van der Waals surface area contributed by atoms with Gasteiger partial charge in [-0.1, -0.05) is 20.8 Å². The predicted molar refractivity (Wildman–Crippen MR) is 87.1 cm³/mol. The molecule has 0 aliphatic heterocycles. The van der Waals surface area contributed by atoms with Crippen LogP contribution in [0.15, 0.2) is 0 Å². The zero-order valence-electron chi connectivity index (χ0n) is 15.0. The Hall–Kier alpha value is -0.660. The molecule has 0 fully saturated rings. The van der Waals surface area contributed by atoms with Gasteiger partial charge in [0.1, 0.15) is 13.2 Å². The van der Waals surface area contributed by atoms with Crippen LogP contribution >= 0.6 is 0 Å². The van der Waals surface area contributed by atoms with Crippen molar-refractivity contribution < 1.29 is 27.0 Å². The number of nitrogens with zero attached hydrogens (tertiary/aromatic N) is 1. The maximum absolute atomic E-state index is 12.2. The zero-order chi connectivity index (χ0) is 17.8. The lowest BCUT2D eigenvalue weighted by Crippen LogP contribution is -2.45. The highest BCUT2D eigenvalue weighted by Crippen LogP contribution is 2.38. The highest BCUT2D eigenvalue weighted by Gasteiger charge is 2.41. The second-order valence-electron chi connectivity index (χ2n) is 8.03. The molecule has 22 heavy (non-hydrogen) atoms. The smallest absolute Gasteiger partial charge is 0.312 e. The van der Waals surface area contributed by atoms with Gasteiger partial charge in [-0.3, -0.25) is 9.35 Å². The first-order chi connectivity index (χ1) is 9.58. The summed E-state index contributed by atoms with van der Waals surface area (Å²) in [4.78, 5) is 12.2. The largest absolute Gasteiger partial charge is 0.459 e. The van der Waals surface area contributed by atoms with E-state index in [0.717, 1.165) is 0 Å². The minimum atomic E-state index is -3.91. The van der Waals surface area contributed by atoms with Crippen LogP contribution in [0.25, 0.3) is 0 Å². The molecule has 0 amide bonds.